The number of carbonyl (C=O) groups excluding carboxylic acids is 2. The number of methoxy groups -OCH3 is 1. The normalized spacial score (nSPS) is 10.1. The zero-order valence-electron chi connectivity index (χ0n) is 10.8. The van der Waals surface area contributed by atoms with Gasteiger partial charge in [-0.15, -0.1) is 0 Å². The average Bonchev–Trinajstić information content (AvgIpc) is 2.99. The van der Waals surface area contributed by atoms with E-state index in [1.54, 1.807) is 18.3 Å². The fraction of sp³-hybridized carbons (Fsp3) is 0.143. The summed E-state index contributed by atoms with van der Waals surface area (Å²) >= 11 is 0. The lowest BCUT2D eigenvalue weighted by Crippen LogP contribution is -2.23. The van der Waals surface area contributed by atoms with Gasteiger partial charge in [0.05, 0.1) is 12.7 Å². The number of ether oxygens (including phenoxy) is 1. The third-order valence-electron chi connectivity index (χ3n) is 2.75. The van der Waals surface area contributed by atoms with Gasteiger partial charge in [0.25, 0.3) is 5.91 Å². The van der Waals surface area contributed by atoms with E-state index in [0.717, 1.165) is 0 Å². The molecule has 1 heterocycles. The Bertz CT molecular complexity index is 623. The largest absolute Gasteiger partial charge is 0.465 e. The van der Waals surface area contributed by atoms with Gasteiger partial charge >= 0.3 is 5.97 Å². The van der Waals surface area contributed by atoms with Gasteiger partial charge in [-0.1, -0.05) is 0 Å². The minimum atomic E-state index is -0.554. The lowest BCUT2D eigenvalue weighted by molar-refractivity contribution is 0.0600. The molecule has 20 heavy (non-hydrogen) atoms. The van der Waals surface area contributed by atoms with Crippen LogP contribution in [0.4, 0.5) is 4.39 Å². The lowest BCUT2D eigenvalue weighted by atomic mass is 10.1. The SMILES string of the molecule is COC(=O)c1ccc(F)c(CNC(=O)c2ccc[nH]2)c1. The molecule has 0 aliphatic carbocycles. The van der Waals surface area contributed by atoms with Crippen LogP contribution in [0, 0.1) is 5.82 Å². The van der Waals surface area contributed by atoms with Crippen molar-refractivity contribution < 1.29 is 18.7 Å². The summed E-state index contributed by atoms with van der Waals surface area (Å²) in [5.74, 6) is -1.40. The predicted octanol–water partition coefficient (Wildman–Crippen LogP) is 1.87. The van der Waals surface area contributed by atoms with Crippen LogP contribution in [0.15, 0.2) is 36.5 Å². The Labute approximate surface area is 114 Å². The minimum Gasteiger partial charge on any atom is -0.465 e. The molecule has 1 aromatic carbocycles. The van der Waals surface area contributed by atoms with Gasteiger partial charge in [0.15, 0.2) is 0 Å². The highest BCUT2D eigenvalue weighted by molar-refractivity contribution is 5.92. The van der Waals surface area contributed by atoms with Crippen molar-refractivity contribution in [2.45, 2.75) is 6.54 Å². The molecule has 0 spiro atoms. The molecule has 0 radical (unpaired) electrons. The molecule has 2 aromatic rings. The summed E-state index contributed by atoms with van der Waals surface area (Å²) in [4.78, 5) is 25.8. The Morgan fingerprint density at radius 2 is 2.15 bits per heavy atom. The quantitative estimate of drug-likeness (QED) is 0.837. The third kappa shape index (κ3) is 3.03. The van der Waals surface area contributed by atoms with Crippen LogP contribution in [-0.4, -0.2) is 24.0 Å². The molecule has 5 nitrogen and oxygen atoms in total. The topological polar surface area (TPSA) is 71.2 Å². The van der Waals surface area contributed by atoms with Gasteiger partial charge < -0.3 is 15.0 Å². The number of aromatic amines is 1. The molecule has 104 valence electrons. The van der Waals surface area contributed by atoms with E-state index in [4.69, 9.17) is 0 Å². The standard InChI is InChI=1S/C14H13FN2O3/c1-20-14(19)9-4-5-11(15)10(7-9)8-17-13(18)12-3-2-6-16-12/h2-7,16H,8H2,1H3,(H,17,18). The number of hydrogen-bond acceptors (Lipinski definition) is 3. The second-order valence-corrected chi connectivity index (χ2v) is 4.06. The maximum atomic E-state index is 13.6. The molecule has 0 saturated heterocycles. The zero-order valence-corrected chi connectivity index (χ0v) is 10.8. The maximum absolute atomic E-state index is 13.6. The van der Waals surface area contributed by atoms with Gasteiger partial charge in [-0.05, 0) is 30.3 Å². The van der Waals surface area contributed by atoms with Crippen molar-refractivity contribution >= 4 is 11.9 Å². The molecular formula is C14H13FN2O3. The number of benzene rings is 1. The molecule has 2 rings (SSSR count). The summed E-state index contributed by atoms with van der Waals surface area (Å²) < 4.78 is 18.2. The van der Waals surface area contributed by atoms with Crippen molar-refractivity contribution in [3.05, 3.63) is 59.2 Å². The van der Waals surface area contributed by atoms with Crippen molar-refractivity contribution in [3.63, 3.8) is 0 Å². The van der Waals surface area contributed by atoms with Crippen LogP contribution in [0.25, 0.3) is 0 Å². The molecule has 0 aliphatic heterocycles. The summed E-state index contributed by atoms with van der Waals surface area (Å²) in [6.45, 7) is -0.0193. The van der Waals surface area contributed by atoms with E-state index in [1.165, 1.54) is 25.3 Å². The average molecular weight is 276 g/mol. The molecule has 0 saturated carbocycles. The Balaban J connectivity index is 2.09. The van der Waals surface area contributed by atoms with E-state index in [2.05, 4.69) is 15.0 Å². The maximum Gasteiger partial charge on any atom is 0.337 e. The van der Waals surface area contributed by atoms with E-state index < -0.39 is 11.8 Å². The van der Waals surface area contributed by atoms with Crippen LogP contribution >= 0.6 is 0 Å². The van der Waals surface area contributed by atoms with Crippen LogP contribution < -0.4 is 5.32 Å². The molecule has 0 unspecified atom stereocenters. The van der Waals surface area contributed by atoms with Gasteiger partial charge in [0.1, 0.15) is 11.5 Å². The number of amides is 1. The first-order valence-corrected chi connectivity index (χ1v) is 5.90. The highest BCUT2D eigenvalue weighted by Gasteiger charge is 2.11. The summed E-state index contributed by atoms with van der Waals surface area (Å²) in [5.41, 5.74) is 0.834. The number of carbonyl (C=O) groups is 2. The number of H-pyrrole nitrogens is 1. The second kappa shape index (κ2) is 6.01. The molecule has 0 bridgehead atoms. The fourth-order valence-electron chi connectivity index (χ4n) is 1.70. The Morgan fingerprint density at radius 3 is 2.80 bits per heavy atom. The van der Waals surface area contributed by atoms with E-state index in [-0.39, 0.29) is 23.6 Å². The summed E-state index contributed by atoms with van der Waals surface area (Å²) in [6, 6.07) is 7.15. The molecule has 0 atom stereocenters. The molecule has 0 fully saturated rings. The Kier molecular flexibility index (Phi) is 4.14. The van der Waals surface area contributed by atoms with Crippen LogP contribution in [0.1, 0.15) is 26.4 Å². The van der Waals surface area contributed by atoms with Crippen LogP contribution in [0.5, 0.6) is 0 Å². The Morgan fingerprint density at radius 1 is 1.35 bits per heavy atom. The fourth-order valence-corrected chi connectivity index (χ4v) is 1.70. The molecule has 1 aromatic heterocycles. The first kappa shape index (κ1) is 13.8. The van der Waals surface area contributed by atoms with E-state index in [0.29, 0.717) is 5.69 Å². The van der Waals surface area contributed by atoms with E-state index in [9.17, 15) is 14.0 Å². The molecule has 2 N–H and O–H groups in total. The van der Waals surface area contributed by atoms with Gasteiger partial charge in [0.2, 0.25) is 0 Å². The molecular weight excluding hydrogens is 263 g/mol. The number of aromatic nitrogens is 1. The third-order valence-corrected chi connectivity index (χ3v) is 2.75. The first-order chi connectivity index (χ1) is 9.61. The molecule has 1 amide bonds. The summed E-state index contributed by atoms with van der Waals surface area (Å²) in [7, 11) is 1.25. The van der Waals surface area contributed by atoms with Crippen LogP contribution in [0.2, 0.25) is 0 Å². The smallest absolute Gasteiger partial charge is 0.337 e. The number of rotatable bonds is 4. The lowest BCUT2D eigenvalue weighted by Gasteiger charge is -2.07. The van der Waals surface area contributed by atoms with Crippen molar-refractivity contribution in [2.75, 3.05) is 7.11 Å². The van der Waals surface area contributed by atoms with Crippen molar-refractivity contribution in [1.82, 2.24) is 10.3 Å². The van der Waals surface area contributed by atoms with Crippen LogP contribution in [0.3, 0.4) is 0 Å². The highest BCUT2D eigenvalue weighted by Crippen LogP contribution is 2.11. The summed E-state index contributed by atoms with van der Waals surface area (Å²) in [5, 5.41) is 2.56. The second-order valence-electron chi connectivity index (χ2n) is 4.06. The summed E-state index contributed by atoms with van der Waals surface area (Å²) in [6.07, 6.45) is 1.62. The van der Waals surface area contributed by atoms with E-state index >= 15 is 0 Å². The van der Waals surface area contributed by atoms with Gasteiger partial charge in [-0.25, -0.2) is 9.18 Å². The van der Waals surface area contributed by atoms with Gasteiger partial charge in [0, 0.05) is 18.3 Å². The van der Waals surface area contributed by atoms with Crippen molar-refractivity contribution in [2.24, 2.45) is 0 Å². The van der Waals surface area contributed by atoms with Gasteiger partial charge in [-0.2, -0.15) is 0 Å². The monoisotopic (exact) mass is 276 g/mol. The van der Waals surface area contributed by atoms with E-state index in [1.807, 2.05) is 0 Å². The number of halogens is 1. The first-order valence-electron chi connectivity index (χ1n) is 5.90. The van der Waals surface area contributed by atoms with Crippen molar-refractivity contribution in [3.8, 4) is 0 Å². The number of esters is 1. The van der Waals surface area contributed by atoms with Crippen LogP contribution in [-0.2, 0) is 11.3 Å². The molecule has 0 aliphatic rings. The van der Waals surface area contributed by atoms with Crippen molar-refractivity contribution in [1.29, 1.82) is 0 Å². The zero-order chi connectivity index (χ0) is 14.5. The number of nitrogens with one attached hydrogen (secondary N) is 2. The predicted molar refractivity (Wildman–Crippen MR) is 69.7 cm³/mol. The highest BCUT2D eigenvalue weighted by atomic mass is 19.1. The minimum absolute atomic E-state index is 0.0193. The Hall–Kier alpha value is -2.63. The van der Waals surface area contributed by atoms with Gasteiger partial charge in [-0.3, -0.25) is 4.79 Å². The molecule has 6 heteroatoms. The number of hydrogen-bond donors (Lipinski definition) is 2.